The number of nitrogens with zero attached hydrogens (tertiary/aromatic N) is 2. The Kier molecular flexibility index (Phi) is 8.15. The van der Waals surface area contributed by atoms with Gasteiger partial charge in [0, 0.05) is 35.8 Å². The zero-order valence-corrected chi connectivity index (χ0v) is 21.1. The number of amides is 2. The molecule has 3 fully saturated rings. The lowest BCUT2D eigenvalue weighted by Gasteiger charge is -2.39. The number of hydrogen-bond acceptors (Lipinski definition) is 6. The van der Waals surface area contributed by atoms with Crippen molar-refractivity contribution < 1.29 is 24.2 Å². The molecule has 0 radical (unpaired) electrons. The van der Waals surface area contributed by atoms with E-state index in [9.17, 15) is 19.5 Å². The van der Waals surface area contributed by atoms with Crippen LogP contribution in [-0.2, 0) is 19.1 Å². The minimum Gasteiger partial charge on any atom is -0.461 e. The van der Waals surface area contributed by atoms with Crippen molar-refractivity contribution in [3.8, 4) is 0 Å². The van der Waals surface area contributed by atoms with E-state index in [1.165, 1.54) is 6.08 Å². The number of likely N-dealkylation sites (tertiary alicyclic amines) is 1. The molecular formula is C23H33BrN2O5S. The number of halogens is 1. The van der Waals surface area contributed by atoms with Gasteiger partial charge in [-0.15, -0.1) is 18.3 Å². The van der Waals surface area contributed by atoms with Crippen LogP contribution in [0.3, 0.4) is 0 Å². The molecule has 9 heteroatoms. The number of hydrogen-bond donors (Lipinski definition) is 1. The fourth-order valence-electron chi connectivity index (χ4n) is 5.40. The summed E-state index contributed by atoms with van der Waals surface area (Å²) in [5.41, 5.74) is 0. The van der Waals surface area contributed by atoms with Gasteiger partial charge in [0.15, 0.2) is 0 Å². The summed E-state index contributed by atoms with van der Waals surface area (Å²) >= 11 is 5.33. The number of ether oxygens (including phenoxy) is 1. The van der Waals surface area contributed by atoms with Crippen LogP contribution in [-0.4, -0.2) is 85.9 Å². The van der Waals surface area contributed by atoms with Crippen LogP contribution in [0.5, 0.6) is 0 Å². The third-order valence-electron chi connectivity index (χ3n) is 6.68. The first kappa shape index (κ1) is 25.3. The summed E-state index contributed by atoms with van der Waals surface area (Å²) in [6.45, 7) is 12.2. The van der Waals surface area contributed by atoms with Gasteiger partial charge in [0.05, 0.1) is 16.6 Å². The zero-order valence-electron chi connectivity index (χ0n) is 18.7. The van der Waals surface area contributed by atoms with Crippen molar-refractivity contribution in [3.05, 3.63) is 25.3 Å². The van der Waals surface area contributed by atoms with Gasteiger partial charge in [-0.3, -0.25) is 14.4 Å². The Balaban J connectivity index is 2.02. The molecule has 178 valence electrons. The Bertz CT molecular complexity index is 777. The van der Waals surface area contributed by atoms with Crippen LogP contribution in [0.4, 0.5) is 0 Å². The topological polar surface area (TPSA) is 87.2 Å². The normalized spacial score (nSPS) is 32.8. The lowest BCUT2D eigenvalue weighted by atomic mass is 9.71. The number of alkyl halides is 1. The molecule has 32 heavy (non-hydrogen) atoms. The molecule has 2 bridgehead atoms. The summed E-state index contributed by atoms with van der Waals surface area (Å²) in [6.07, 6.45) is 4.98. The van der Waals surface area contributed by atoms with Crippen LogP contribution in [0.25, 0.3) is 0 Å². The SMILES string of the molecule is C=CCOC(=O)[C@H]1[C@@H]2SC3(CC2Br)C(C(=O)N(CC=C)C(C)C)N(CCCCO)C(=O)[C@H]13. The minimum absolute atomic E-state index is 0.0115. The lowest BCUT2D eigenvalue weighted by molar-refractivity contribution is -0.153. The maximum Gasteiger partial charge on any atom is 0.311 e. The zero-order chi connectivity index (χ0) is 23.6. The quantitative estimate of drug-likeness (QED) is 0.192. The van der Waals surface area contributed by atoms with Gasteiger partial charge in [-0.05, 0) is 33.1 Å². The van der Waals surface area contributed by atoms with E-state index in [4.69, 9.17) is 4.74 Å². The number of rotatable bonds is 11. The molecule has 3 aliphatic rings. The molecule has 0 aromatic carbocycles. The lowest BCUT2D eigenvalue weighted by Crippen LogP contribution is -2.56. The highest BCUT2D eigenvalue weighted by molar-refractivity contribution is 9.09. The summed E-state index contributed by atoms with van der Waals surface area (Å²) in [7, 11) is 0. The summed E-state index contributed by atoms with van der Waals surface area (Å²) in [5.74, 6) is -1.85. The Hall–Kier alpha value is -1.32. The fourth-order valence-corrected chi connectivity index (χ4v) is 9.00. The second kappa shape index (κ2) is 10.3. The predicted octanol–water partition coefficient (Wildman–Crippen LogP) is 2.38. The summed E-state index contributed by atoms with van der Waals surface area (Å²) in [4.78, 5) is 44.1. The van der Waals surface area contributed by atoms with Crippen molar-refractivity contribution in [1.82, 2.24) is 9.80 Å². The van der Waals surface area contributed by atoms with Gasteiger partial charge in [0.1, 0.15) is 12.6 Å². The molecule has 0 aromatic heterocycles. The molecule has 3 rings (SSSR count). The molecule has 0 aromatic rings. The molecular weight excluding hydrogens is 496 g/mol. The monoisotopic (exact) mass is 528 g/mol. The average Bonchev–Trinajstić information content (AvgIpc) is 3.33. The van der Waals surface area contributed by atoms with Crippen LogP contribution < -0.4 is 0 Å². The highest BCUT2D eigenvalue weighted by atomic mass is 79.9. The number of aliphatic hydroxyl groups is 1. The van der Waals surface area contributed by atoms with Crippen LogP contribution in [0.2, 0.25) is 0 Å². The number of thioether (sulfide) groups is 1. The van der Waals surface area contributed by atoms with Crippen molar-refractivity contribution in [3.63, 3.8) is 0 Å². The number of aliphatic hydroxyl groups excluding tert-OH is 1. The Morgan fingerprint density at radius 1 is 1.38 bits per heavy atom. The van der Waals surface area contributed by atoms with Gasteiger partial charge in [-0.2, -0.15) is 0 Å². The van der Waals surface area contributed by atoms with Crippen LogP contribution >= 0.6 is 27.7 Å². The second-order valence-corrected chi connectivity index (χ2v) is 11.6. The molecule has 3 aliphatic heterocycles. The molecule has 0 saturated carbocycles. The van der Waals surface area contributed by atoms with Gasteiger partial charge in [-0.25, -0.2) is 0 Å². The number of unbranched alkanes of at least 4 members (excludes halogenated alkanes) is 1. The number of esters is 1. The summed E-state index contributed by atoms with van der Waals surface area (Å²) < 4.78 is 4.70. The maximum atomic E-state index is 13.9. The largest absolute Gasteiger partial charge is 0.461 e. The van der Waals surface area contributed by atoms with Gasteiger partial charge in [0.2, 0.25) is 11.8 Å². The fraction of sp³-hybridized carbons (Fsp3) is 0.696. The number of fused-ring (bicyclic) bond motifs is 1. The van der Waals surface area contributed by atoms with Crippen LogP contribution in [0, 0.1) is 11.8 Å². The molecule has 3 saturated heterocycles. The van der Waals surface area contributed by atoms with Crippen molar-refractivity contribution in [2.45, 2.75) is 60.0 Å². The minimum atomic E-state index is -0.682. The predicted molar refractivity (Wildman–Crippen MR) is 128 cm³/mol. The first-order chi connectivity index (χ1) is 15.2. The van der Waals surface area contributed by atoms with Crippen LogP contribution in [0.15, 0.2) is 25.3 Å². The Labute approximate surface area is 202 Å². The molecule has 6 atom stereocenters. The molecule has 0 aliphatic carbocycles. The smallest absolute Gasteiger partial charge is 0.311 e. The van der Waals surface area contributed by atoms with E-state index < -0.39 is 28.6 Å². The Morgan fingerprint density at radius 3 is 2.69 bits per heavy atom. The first-order valence-corrected chi connectivity index (χ1v) is 13.0. The van der Waals surface area contributed by atoms with Crippen molar-refractivity contribution >= 4 is 45.5 Å². The molecule has 2 amide bonds. The standard InChI is InChI=1S/C23H33BrN2O5S/c1-5-9-25(14(3)4)21(29)19-23-13-15(24)18(32-23)16(22(30)31-12-6-2)17(23)20(28)26(19)10-7-8-11-27/h5-6,14-19,27H,1-2,7-13H2,3-4H3/t15?,16-,17+,18-,19?,23?/m1/s1. The molecule has 3 unspecified atom stereocenters. The molecule has 1 N–H and O–H groups in total. The highest BCUT2D eigenvalue weighted by Crippen LogP contribution is 2.68. The van der Waals surface area contributed by atoms with E-state index in [0.29, 0.717) is 32.4 Å². The number of carbonyl (C=O) groups excluding carboxylic acids is 3. The molecule has 1 spiro atoms. The third kappa shape index (κ3) is 4.16. The summed E-state index contributed by atoms with van der Waals surface area (Å²) in [6, 6.07) is -0.713. The van der Waals surface area contributed by atoms with Gasteiger partial charge in [-0.1, -0.05) is 34.7 Å². The molecule has 3 heterocycles. The average molecular weight is 529 g/mol. The van der Waals surface area contributed by atoms with E-state index in [-0.39, 0.29) is 41.1 Å². The van der Waals surface area contributed by atoms with Crippen LogP contribution in [0.1, 0.15) is 33.1 Å². The molecule has 7 nitrogen and oxygen atoms in total. The second-order valence-electron chi connectivity index (χ2n) is 8.92. The van der Waals surface area contributed by atoms with E-state index in [1.54, 1.807) is 27.6 Å². The third-order valence-corrected chi connectivity index (χ3v) is 9.90. The van der Waals surface area contributed by atoms with Gasteiger partial charge >= 0.3 is 5.97 Å². The van der Waals surface area contributed by atoms with Gasteiger partial charge in [0.25, 0.3) is 0 Å². The first-order valence-electron chi connectivity index (χ1n) is 11.2. The van der Waals surface area contributed by atoms with Gasteiger partial charge < -0.3 is 19.6 Å². The maximum absolute atomic E-state index is 13.9. The highest BCUT2D eigenvalue weighted by Gasteiger charge is 2.76. The van der Waals surface area contributed by atoms with E-state index in [1.807, 2.05) is 13.8 Å². The van der Waals surface area contributed by atoms with E-state index in [2.05, 4.69) is 29.1 Å². The Morgan fingerprint density at radius 2 is 2.09 bits per heavy atom. The van der Waals surface area contributed by atoms with Crippen molar-refractivity contribution in [2.75, 3.05) is 26.3 Å². The van der Waals surface area contributed by atoms with E-state index in [0.717, 1.165) is 0 Å². The number of carbonyl (C=O) groups is 3. The van der Waals surface area contributed by atoms with Crippen molar-refractivity contribution in [1.29, 1.82) is 0 Å². The summed E-state index contributed by atoms with van der Waals surface area (Å²) in [5, 5.41) is 9.12. The van der Waals surface area contributed by atoms with E-state index >= 15 is 0 Å². The van der Waals surface area contributed by atoms with Crippen molar-refractivity contribution in [2.24, 2.45) is 11.8 Å².